The normalized spacial score (nSPS) is 11.4. The second kappa shape index (κ2) is 4.84. The van der Waals surface area contributed by atoms with Gasteiger partial charge >= 0.3 is 6.36 Å². The van der Waals surface area contributed by atoms with E-state index >= 15 is 0 Å². The summed E-state index contributed by atoms with van der Waals surface area (Å²) >= 11 is 0. The molecule has 0 heterocycles. The maximum Gasteiger partial charge on any atom is 0.573 e. The molecule has 0 aliphatic heterocycles. The Balaban J connectivity index is 2.34. The van der Waals surface area contributed by atoms with E-state index in [0.717, 1.165) is 11.1 Å². The van der Waals surface area contributed by atoms with Gasteiger partial charge < -0.3 is 10.5 Å². The Bertz CT molecular complexity index is 593. The maximum absolute atomic E-state index is 12.1. The molecule has 0 aliphatic rings. The van der Waals surface area contributed by atoms with Crippen molar-refractivity contribution in [3.05, 3.63) is 48.0 Å². The number of hydrogen-bond donors (Lipinski definition) is 1. The number of anilines is 1. The van der Waals surface area contributed by atoms with E-state index in [4.69, 9.17) is 5.73 Å². The van der Waals surface area contributed by atoms with Gasteiger partial charge in [0.05, 0.1) is 0 Å². The van der Waals surface area contributed by atoms with Crippen LogP contribution in [-0.2, 0) is 0 Å². The van der Waals surface area contributed by atoms with E-state index in [0.29, 0.717) is 5.56 Å². The first-order chi connectivity index (χ1) is 8.85. The number of nitrogen functional groups attached to an aromatic ring is 1. The Hall–Kier alpha value is -2.17. The maximum atomic E-state index is 12.1. The van der Waals surface area contributed by atoms with Gasteiger partial charge in [-0.1, -0.05) is 29.8 Å². The molecule has 2 N–H and O–H groups in total. The zero-order chi connectivity index (χ0) is 14.0. The molecule has 0 atom stereocenters. The second-order valence-electron chi connectivity index (χ2n) is 4.17. The molecule has 0 aromatic heterocycles. The van der Waals surface area contributed by atoms with Crippen LogP contribution in [-0.4, -0.2) is 6.36 Å². The largest absolute Gasteiger partial charge is 0.573 e. The summed E-state index contributed by atoms with van der Waals surface area (Å²) < 4.78 is 40.1. The first kappa shape index (κ1) is 13.3. The minimum Gasteiger partial charge on any atom is -0.406 e. The van der Waals surface area contributed by atoms with E-state index in [1.807, 2.05) is 31.2 Å². The second-order valence-corrected chi connectivity index (χ2v) is 4.17. The third kappa shape index (κ3) is 3.40. The molecule has 2 aromatic carbocycles. The molecular formula is C14H12F3NO. The Morgan fingerprint density at radius 2 is 1.79 bits per heavy atom. The predicted molar refractivity (Wildman–Crippen MR) is 67.7 cm³/mol. The average molecular weight is 267 g/mol. The van der Waals surface area contributed by atoms with Crippen molar-refractivity contribution in [2.24, 2.45) is 0 Å². The topological polar surface area (TPSA) is 35.2 Å². The zero-order valence-corrected chi connectivity index (χ0v) is 10.2. The van der Waals surface area contributed by atoms with Gasteiger partial charge in [0.25, 0.3) is 0 Å². The highest BCUT2D eigenvalue weighted by molar-refractivity contribution is 5.77. The molecule has 0 bridgehead atoms. The van der Waals surface area contributed by atoms with E-state index in [-0.39, 0.29) is 11.4 Å². The van der Waals surface area contributed by atoms with E-state index in [9.17, 15) is 13.2 Å². The summed E-state index contributed by atoms with van der Waals surface area (Å²) in [6.45, 7) is 1.93. The molecule has 0 aliphatic carbocycles. The number of nitrogens with two attached hydrogens (primary N) is 1. The van der Waals surface area contributed by atoms with Crippen molar-refractivity contribution in [3.8, 4) is 16.9 Å². The van der Waals surface area contributed by atoms with Gasteiger partial charge in [-0.3, -0.25) is 0 Å². The van der Waals surface area contributed by atoms with Gasteiger partial charge in [0.2, 0.25) is 0 Å². The Morgan fingerprint density at radius 1 is 1.05 bits per heavy atom. The highest BCUT2D eigenvalue weighted by atomic mass is 19.4. The molecule has 0 radical (unpaired) electrons. The fraction of sp³-hybridized carbons (Fsp3) is 0.143. The van der Waals surface area contributed by atoms with E-state index in [1.54, 1.807) is 0 Å². The van der Waals surface area contributed by atoms with Gasteiger partial charge in [0.1, 0.15) is 5.75 Å². The molecular weight excluding hydrogens is 255 g/mol. The molecule has 5 heteroatoms. The Kier molecular flexibility index (Phi) is 3.38. The summed E-state index contributed by atoms with van der Waals surface area (Å²) in [6.07, 6.45) is -4.71. The molecule has 100 valence electrons. The van der Waals surface area contributed by atoms with Crippen molar-refractivity contribution in [1.82, 2.24) is 0 Å². The Labute approximate surface area is 108 Å². The van der Waals surface area contributed by atoms with Crippen molar-refractivity contribution in [2.45, 2.75) is 13.3 Å². The molecule has 0 fully saturated rings. The van der Waals surface area contributed by atoms with Crippen molar-refractivity contribution < 1.29 is 17.9 Å². The Morgan fingerprint density at radius 3 is 2.37 bits per heavy atom. The smallest absolute Gasteiger partial charge is 0.406 e. The number of aryl methyl sites for hydroxylation is 1. The van der Waals surface area contributed by atoms with Gasteiger partial charge in [-0.15, -0.1) is 13.2 Å². The summed E-state index contributed by atoms with van der Waals surface area (Å²) in [7, 11) is 0. The minimum absolute atomic E-state index is 0.243. The van der Waals surface area contributed by atoms with E-state index in [1.165, 1.54) is 18.2 Å². The monoisotopic (exact) mass is 267 g/mol. The molecule has 19 heavy (non-hydrogen) atoms. The molecule has 0 saturated heterocycles. The number of hydrogen-bond acceptors (Lipinski definition) is 2. The zero-order valence-electron chi connectivity index (χ0n) is 10.2. The third-order valence-corrected chi connectivity index (χ3v) is 2.59. The van der Waals surface area contributed by atoms with Crippen LogP contribution in [0.5, 0.6) is 5.75 Å². The number of rotatable bonds is 2. The van der Waals surface area contributed by atoms with Gasteiger partial charge in [-0.2, -0.15) is 0 Å². The average Bonchev–Trinajstić information content (AvgIpc) is 2.26. The summed E-state index contributed by atoms with van der Waals surface area (Å²) in [6, 6.07) is 11.5. The van der Waals surface area contributed by atoms with Crippen molar-refractivity contribution in [1.29, 1.82) is 0 Å². The van der Waals surface area contributed by atoms with Crippen molar-refractivity contribution >= 4 is 5.69 Å². The SMILES string of the molecule is Cc1cccc(-c2ccc(OC(F)(F)F)cc2N)c1. The molecule has 0 amide bonds. The van der Waals surface area contributed by atoms with Crippen LogP contribution in [0.2, 0.25) is 0 Å². The van der Waals surface area contributed by atoms with Crippen LogP contribution < -0.4 is 10.5 Å². The summed E-state index contributed by atoms with van der Waals surface area (Å²) in [5.74, 6) is -0.318. The van der Waals surface area contributed by atoms with Crippen LogP contribution in [0.25, 0.3) is 11.1 Å². The molecule has 0 spiro atoms. The first-order valence-electron chi connectivity index (χ1n) is 5.57. The number of ether oxygens (including phenoxy) is 1. The van der Waals surface area contributed by atoms with Crippen LogP contribution in [0.4, 0.5) is 18.9 Å². The van der Waals surface area contributed by atoms with E-state index in [2.05, 4.69) is 4.74 Å². The van der Waals surface area contributed by atoms with Gasteiger partial charge in [0, 0.05) is 17.3 Å². The summed E-state index contributed by atoms with van der Waals surface area (Å²) in [5.41, 5.74) is 8.60. The molecule has 0 unspecified atom stereocenters. The molecule has 2 nitrogen and oxygen atoms in total. The summed E-state index contributed by atoms with van der Waals surface area (Å²) in [4.78, 5) is 0. The fourth-order valence-electron chi connectivity index (χ4n) is 1.81. The predicted octanol–water partition coefficient (Wildman–Crippen LogP) is 4.14. The van der Waals surface area contributed by atoms with Gasteiger partial charge in [-0.25, -0.2) is 0 Å². The third-order valence-electron chi connectivity index (χ3n) is 2.59. The van der Waals surface area contributed by atoms with Crippen molar-refractivity contribution in [2.75, 3.05) is 5.73 Å². The first-order valence-corrected chi connectivity index (χ1v) is 5.57. The lowest BCUT2D eigenvalue weighted by atomic mass is 10.0. The molecule has 2 aromatic rings. The fourth-order valence-corrected chi connectivity index (χ4v) is 1.81. The highest BCUT2D eigenvalue weighted by Crippen LogP contribution is 2.32. The van der Waals surface area contributed by atoms with Crippen LogP contribution in [0.3, 0.4) is 0 Å². The van der Waals surface area contributed by atoms with Crippen LogP contribution in [0.1, 0.15) is 5.56 Å². The number of halogens is 3. The molecule has 2 rings (SSSR count). The lowest BCUT2D eigenvalue weighted by Gasteiger charge is -2.12. The molecule has 0 saturated carbocycles. The standard InChI is InChI=1S/C14H12F3NO/c1-9-3-2-4-10(7-9)12-6-5-11(8-13(12)18)19-14(15,16)17/h2-8H,18H2,1H3. The van der Waals surface area contributed by atoms with Crippen LogP contribution >= 0.6 is 0 Å². The quantitative estimate of drug-likeness (QED) is 0.830. The number of benzene rings is 2. The minimum atomic E-state index is -4.71. The van der Waals surface area contributed by atoms with Gasteiger partial charge in [0.15, 0.2) is 0 Å². The van der Waals surface area contributed by atoms with Crippen LogP contribution in [0, 0.1) is 6.92 Å². The summed E-state index contributed by atoms with van der Waals surface area (Å²) in [5, 5.41) is 0. The van der Waals surface area contributed by atoms with E-state index < -0.39 is 6.36 Å². The lowest BCUT2D eigenvalue weighted by molar-refractivity contribution is -0.274. The number of alkyl halides is 3. The van der Waals surface area contributed by atoms with Crippen molar-refractivity contribution in [3.63, 3.8) is 0 Å². The highest BCUT2D eigenvalue weighted by Gasteiger charge is 2.31. The van der Waals surface area contributed by atoms with Gasteiger partial charge in [-0.05, 0) is 24.6 Å². The lowest BCUT2D eigenvalue weighted by Crippen LogP contribution is -2.17. The van der Waals surface area contributed by atoms with Crippen LogP contribution in [0.15, 0.2) is 42.5 Å².